The van der Waals surface area contributed by atoms with Gasteiger partial charge in [0.05, 0.1) is 5.75 Å². The highest BCUT2D eigenvalue weighted by atomic mass is 32.2. The molecule has 0 aromatic heterocycles. The summed E-state index contributed by atoms with van der Waals surface area (Å²) in [4.78, 5) is 0. The van der Waals surface area contributed by atoms with Gasteiger partial charge in [-0.05, 0) is 31.7 Å². The summed E-state index contributed by atoms with van der Waals surface area (Å²) < 4.78 is 22.2. The van der Waals surface area contributed by atoms with Crippen LogP contribution < -0.4 is 5.32 Å². The zero-order valence-electron chi connectivity index (χ0n) is 11.3. The van der Waals surface area contributed by atoms with Crippen LogP contribution in [0.2, 0.25) is 0 Å². The number of sulfone groups is 1. The Balaban J connectivity index is 2.47. The maximum absolute atomic E-state index is 11.1. The third-order valence-electron chi connectivity index (χ3n) is 3.49. The van der Waals surface area contributed by atoms with Gasteiger partial charge in [-0.1, -0.05) is 13.8 Å². The largest absolute Gasteiger partial charge is 0.316 e. The van der Waals surface area contributed by atoms with Crippen molar-refractivity contribution in [2.45, 2.75) is 44.4 Å². The molecule has 0 heterocycles. The zero-order chi connectivity index (χ0) is 13.1. The minimum atomic E-state index is -2.82. The second kappa shape index (κ2) is 5.93. The van der Waals surface area contributed by atoms with Gasteiger partial charge in [-0.15, -0.1) is 0 Å². The Morgan fingerprint density at radius 2 is 2.06 bits per heavy atom. The molecule has 102 valence electrons. The van der Waals surface area contributed by atoms with Crippen molar-refractivity contribution < 1.29 is 8.42 Å². The Morgan fingerprint density at radius 3 is 2.59 bits per heavy atom. The first-order chi connectivity index (χ1) is 7.73. The van der Waals surface area contributed by atoms with Crippen LogP contribution in [0.15, 0.2) is 0 Å². The lowest BCUT2D eigenvalue weighted by Crippen LogP contribution is -2.43. The lowest BCUT2D eigenvalue weighted by molar-refractivity contribution is 0.219. The van der Waals surface area contributed by atoms with Gasteiger partial charge in [0.2, 0.25) is 0 Å². The molecule has 3 nitrogen and oxygen atoms in total. The van der Waals surface area contributed by atoms with Crippen LogP contribution in [0.1, 0.15) is 33.1 Å². The predicted molar refractivity (Wildman–Crippen MR) is 76.4 cm³/mol. The Morgan fingerprint density at radius 1 is 1.41 bits per heavy atom. The van der Waals surface area contributed by atoms with Crippen molar-refractivity contribution in [3.8, 4) is 0 Å². The molecule has 2 atom stereocenters. The molecule has 0 bridgehead atoms. The molecule has 1 saturated carbocycles. The smallest absolute Gasteiger partial charge is 0.148 e. The van der Waals surface area contributed by atoms with Crippen molar-refractivity contribution in [3.05, 3.63) is 0 Å². The van der Waals surface area contributed by atoms with Crippen LogP contribution in [0, 0.1) is 5.41 Å². The van der Waals surface area contributed by atoms with Gasteiger partial charge >= 0.3 is 0 Å². The van der Waals surface area contributed by atoms with E-state index in [-0.39, 0.29) is 0 Å². The number of hydrogen-bond donors (Lipinski definition) is 1. The highest BCUT2D eigenvalue weighted by Gasteiger charge is 2.34. The van der Waals surface area contributed by atoms with Gasteiger partial charge in [-0.3, -0.25) is 0 Å². The molecule has 0 aromatic carbocycles. The summed E-state index contributed by atoms with van der Waals surface area (Å²) in [5.74, 6) is 1.02. The quantitative estimate of drug-likeness (QED) is 0.835. The lowest BCUT2D eigenvalue weighted by atomic mass is 9.75. The molecular weight excluding hydrogens is 254 g/mol. The van der Waals surface area contributed by atoms with E-state index in [0.717, 1.165) is 5.75 Å². The molecule has 0 saturated heterocycles. The highest BCUT2D eigenvalue weighted by molar-refractivity contribution is 8.01. The second-order valence-corrected chi connectivity index (χ2v) is 9.45. The minimum Gasteiger partial charge on any atom is -0.316 e. The second-order valence-electron chi connectivity index (χ2n) is 5.84. The van der Waals surface area contributed by atoms with Crippen molar-refractivity contribution in [2.24, 2.45) is 5.41 Å². The molecule has 1 fully saturated rings. The lowest BCUT2D eigenvalue weighted by Gasteiger charge is -2.40. The molecule has 2 unspecified atom stereocenters. The summed E-state index contributed by atoms with van der Waals surface area (Å²) >= 11 is 1.82. The first-order valence-corrected chi connectivity index (χ1v) is 9.31. The van der Waals surface area contributed by atoms with Gasteiger partial charge in [0, 0.05) is 23.3 Å². The molecule has 0 spiro atoms. The minimum absolute atomic E-state index is 0.297. The first kappa shape index (κ1) is 15.3. The van der Waals surface area contributed by atoms with Crippen molar-refractivity contribution in [2.75, 3.05) is 24.8 Å². The third-order valence-corrected chi connectivity index (χ3v) is 6.06. The van der Waals surface area contributed by atoms with E-state index < -0.39 is 9.84 Å². The fraction of sp³-hybridized carbons (Fsp3) is 1.00. The van der Waals surface area contributed by atoms with Gasteiger partial charge < -0.3 is 5.32 Å². The molecule has 0 radical (unpaired) electrons. The van der Waals surface area contributed by atoms with Crippen LogP contribution in [-0.4, -0.2) is 44.5 Å². The first-order valence-electron chi connectivity index (χ1n) is 6.20. The molecule has 0 aliphatic heterocycles. The average Bonchev–Trinajstić information content (AvgIpc) is 2.15. The topological polar surface area (TPSA) is 46.2 Å². The van der Waals surface area contributed by atoms with Gasteiger partial charge in [0.15, 0.2) is 0 Å². The van der Waals surface area contributed by atoms with E-state index in [1.807, 2.05) is 18.8 Å². The molecule has 1 N–H and O–H groups in total. The van der Waals surface area contributed by atoms with Crippen molar-refractivity contribution in [1.82, 2.24) is 5.32 Å². The van der Waals surface area contributed by atoms with Crippen LogP contribution in [0.25, 0.3) is 0 Å². The van der Waals surface area contributed by atoms with E-state index >= 15 is 0 Å². The maximum atomic E-state index is 11.1. The maximum Gasteiger partial charge on any atom is 0.148 e. The number of hydrogen-bond acceptors (Lipinski definition) is 4. The molecule has 0 amide bonds. The highest BCUT2D eigenvalue weighted by Crippen LogP contribution is 2.40. The molecule has 17 heavy (non-hydrogen) atoms. The number of rotatable bonds is 5. The van der Waals surface area contributed by atoms with Crippen LogP contribution in [-0.2, 0) is 9.84 Å². The average molecular weight is 279 g/mol. The van der Waals surface area contributed by atoms with E-state index in [9.17, 15) is 8.42 Å². The normalized spacial score (nSPS) is 29.2. The summed E-state index contributed by atoms with van der Waals surface area (Å²) in [6.07, 6.45) is 4.93. The molecule has 0 aromatic rings. The van der Waals surface area contributed by atoms with E-state index in [1.165, 1.54) is 25.5 Å². The van der Waals surface area contributed by atoms with E-state index in [0.29, 0.717) is 22.5 Å². The molecule has 1 aliphatic rings. The van der Waals surface area contributed by atoms with E-state index in [1.54, 1.807) is 0 Å². The van der Waals surface area contributed by atoms with Crippen LogP contribution in [0.3, 0.4) is 0 Å². The van der Waals surface area contributed by atoms with Crippen LogP contribution >= 0.6 is 11.8 Å². The molecule has 1 aliphatic carbocycles. The molecule has 1 rings (SSSR count). The Labute approximate surface area is 110 Å². The van der Waals surface area contributed by atoms with E-state index in [4.69, 9.17) is 0 Å². The van der Waals surface area contributed by atoms with Crippen molar-refractivity contribution in [1.29, 1.82) is 0 Å². The summed E-state index contributed by atoms with van der Waals surface area (Å²) in [7, 11) is -0.812. The van der Waals surface area contributed by atoms with Gasteiger partial charge in [0.1, 0.15) is 9.84 Å². The Kier molecular flexibility index (Phi) is 5.35. The Bertz CT molecular complexity index is 338. The van der Waals surface area contributed by atoms with Crippen molar-refractivity contribution >= 4 is 21.6 Å². The van der Waals surface area contributed by atoms with Gasteiger partial charge in [0.25, 0.3) is 0 Å². The van der Waals surface area contributed by atoms with E-state index in [2.05, 4.69) is 19.2 Å². The molecule has 5 heteroatoms. The van der Waals surface area contributed by atoms with Crippen molar-refractivity contribution in [3.63, 3.8) is 0 Å². The standard InChI is InChI=1S/C12H25NO2S2/c1-12(2)6-5-10(13-3)11(9-12)16-7-8-17(4,14)15/h10-11,13H,5-9H2,1-4H3. The van der Waals surface area contributed by atoms with Crippen LogP contribution in [0.4, 0.5) is 0 Å². The third kappa shape index (κ3) is 5.62. The summed E-state index contributed by atoms with van der Waals surface area (Å²) in [5, 5.41) is 3.92. The fourth-order valence-corrected chi connectivity index (χ4v) is 5.35. The Hall–Kier alpha value is 0.260. The van der Waals surface area contributed by atoms with Crippen LogP contribution in [0.5, 0.6) is 0 Å². The predicted octanol–water partition coefficient (Wildman–Crippen LogP) is 1.93. The van der Waals surface area contributed by atoms with Gasteiger partial charge in [-0.2, -0.15) is 11.8 Å². The monoisotopic (exact) mass is 279 g/mol. The number of nitrogens with one attached hydrogen (secondary N) is 1. The SMILES string of the molecule is CNC1CCC(C)(C)CC1SCCS(C)(=O)=O. The summed E-state index contributed by atoms with van der Waals surface area (Å²) in [6.45, 7) is 4.62. The molecular formula is C12H25NO2S2. The fourth-order valence-electron chi connectivity index (χ4n) is 2.38. The number of thioether (sulfide) groups is 1. The summed E-state index contributed by atoms with van der Waals surface area (Å²) in [6, 6.07) is 0.535. The van der Waals surface area contributed by atoms with Gasteiger partial charge in [-0.25, -0.2) is 8.42 Å². The zero-order valence-corrected chi connectivity index (χ0v) is 13.0. The summed E-state index contributed by atoms with van der Waals surface area (Å²) in [5.41, 5.74) is 0.399.